The van der Waals surface area contributed by atoms with Crippen LogP contribution >= 0.6 is 11.6 Å². The average molecular weight is 304 g/mol. The monoisotopic (exact) mass is 303 g/mol. The quantitative estimate of drug-likeness (QED) is 0.885. The maximum Gasteiger partial charge on any atom is 0.0642 e. The highest BCUT2D eigenvalue weighted by Gasteiger charge is 2.09. The molecule has 2 rings (SSSR count). The summed E-state index contributed by atoms with van der Waals surface area (Å²) in [6, 6.07) is 10.4. The molecule has 2 N–H and O–H groups in total. The molecular formula is C17H22ClN3. The molecule has 1 atom stereocenters. The van der Waals surface area contributed by atoms with Gasteiger partial charge in [0.15, 0.2) is 0 Å². The summed E-state index contributed by atoms with van der Waals surface area (Å²) in [4.78, 5) is 6.17. The lowest BCUT2D eigenvalue weighted by Crippen LogP contribution is -2.21. The molecule has 4 heteroatoms. The predicted octanol–water partition coefficient (Wildman–Crippen LogP) is 3.65. The molecule has 1 aromatic carbocycles. The first-order valence-electron chi connectivity index (χ1n) is 7.24. The topological polar surface area (TPSA) is 42.1 Å². The third-order valence-corrected chi connectivity index (χ3v) is 3.92. The summed E-state index contributed by atoms with van der Waals surface area (Å²) < 4.78 is 0. The molecular weight excluding hydrogens is 282 g/mol. The second kappa shape index (κ2) is 7.43. The molecule has 1 unspecified atom stereocenters. The van der Waals surface area contributed by atoms with Crippen LogP contribution in [0.25, 0.3) is 0 Å². The van der Waals surface area contributed by atoms with Crippen LogP contribution in [0.4, 0.5) is 5.69 Å². The van der Waals surface area contributed by atoms with Crippen LogP contribution in [0.15, 0.2) is 42.7 Å². The SMILES string of the molecule is CCC(N)Cc1ccc(N(C)Cc2ccncc2)c(Cl)c1. The van der Waals surface area contributed by atoms with Crippen molar-refractivity contribution in [1.29, 1.82) is 0 Å². The number of nitrogens with zero attached hydrogens (tertiary/aromatic N) is 2. The average Bonchev–Trinajstić information content (AvgIpc) is 2.48. The Morgan fingerprint density at radius 2 is 1.90 bits per heavy atom. The highest BCUT2D eigenvalue weighted by atomic mass is 35.5. The molecule has 0 bridgehead atoms. The normalized spacial score (nSPS) is 12.2. The van der Waals surface area contributed by atoms with E-state index in [0.717, 1.165) is 30.1 Å². The van der Waals surface area contributed by atoms with Crippen LogP contribution in [0, 0.1) is 0 Å². The summed E-state index contributed by atoms with van der Waals surface area (Å²) in [6.45, 7) is 2.90. The van der Waals surface area contributed by atoms with E-state index in [9.17, 15) is 0 Å². The Morgan fingerprint density at radius 1 is 1.19 bits per heavy atom. The van der Waals surface area contributed by atoms with Gasteiger partial charge in [0.2, 0.25) is 0 Å². The van der Waals surface area contributed by atoms with Crippen LogP contribution in [0.1, 0.15) is 24.5 Å². The number of hydrogen-bond acceptors (Lipinski definition) is 3. The Hall–Kier alpha value is -1.58. The summed E-state index contributed by atoms with van der Waals surface area (Å²) in [5.74, 6) is 0. The zero-order chi connectivity index (χ0) is 15.2. The van der Waals surface area contributed by atoms with E-state index in [0.29, 0.717) is 0 Å². The molecule has 0 fully saturated rings. The van der Waals surface area contributed by atoms with Crippen molar-refractivity contribution in [2.45, 2.75) is 32.4 Å². The molecule has 112 valence electrons. The van der Waals surface area contributed by atoms with Gasteiger partial charge in [0.1, 0.15) is 0 Å². The van der Waals surface area contributed by atoms with Gasteiger partial charge in [-0.05, 0) is 48.2 Å². The summed E-state index contributed by atoms with van der Waals surface area (Å²) in [6.07, 6.45) is 5.45. The largest absolute Gasteiger partial charge is 0.369 e. The molecule has 0 radical (unpaired) electrons. The fourth-order valence-corrected chi connectivity index (χ4v) is 2.63. The van der Waals surface area contributed by atoms with Gasteiger partial charge in [-0.2, -0.15) is 0 Å². The van der Waals surface area contributed by atoms with Gasteiger partial charge in [-0.25, -0.2) is 0 Å². The number of halogens is 1. The number of aromatic nitrogens is 1. The van der Waals surface area contributed by atoms with Crippen molar-refractivity contribution in [2.24, 2.45) is 5.73 Å². The molecule has 0 aliphatic heterocycles. The number of benzene rings is 1. The maximum atomic E-state index is 6.42. The minimum absolute atomic E-state index is 0.196. The summed E-state index contributed by atoms with van der Waals surface area (Å²) >= 11 is 6.42. The van der Waals surface area contributed by atoms with Crippen molar-refractivity contribution in [3.8, 4) is 0 Å². The van der Waals surface area contributed by atoms with E-state index >= 15 is 0 Å². The van der Waals surface area contributed by atoms with Gasteiger partial charge in [0.05, 0.1) is 10.7 Å². The molecule has 0 amide bonds. The first-order valence-corrected chi connectivity index (χ1v) is 7.62. The summed E-state index contributed by atoms with van der Waals surface area (Å²) in [5.41, 5.74) is 9.42. The Morgan fingerprint density at radius 3 is 2.52 bits per heavy atom. The molecule has 3 nitrogen and oxygen atoms in total. The zero-order valence-corrected chi connectivity index (χ0v) is 13.3. The highest BCUT2D eigenvalue weighted by molar-refractivity contribution is 6.33. The van der Waals surface area contributed by atoms with Crippen molar-refractivity contribution in [2.75, 3.05) is 11.9 Å². The van der Waals surface area contributed by atoms with Gasteiger partial charge >= 0.3 is 0 Å². The number of hydrogen-bond donors (Lipinski definition) is 1. The Bertz CT molecular complexity index is 572. The van der Waals surface area contributed by atoms with E-state index in [1.807, 2.05) is 25.2 Å². The van der Waals surface area contributed by atoms with Crippen molar-refractivity contribution < 1.29 is 0 Å². The Balaban J connectivity index is 2.09. The lowest BCUT2D eigenvalue weighted by atomic mass is 10.0. The first kappa shape index (κ1) is 15.8. The van der Waals surface area contributed by atoms with E-state index in [2.05, 4.69) is 28.9 Å². The third-order valence-electron chi connectivity index (χ3n) is 3.61. The molecule has 0 saturated heterocycles. The van der Waals surface area contributed by atoms with Crippen molar-refractivity contribution in [3.05, 3.63) is 58.9 Å². The predicted molar refractivity (Wildman–Crippen MR) is 89.8 cm³/mol. The minimum Gasteiger partial charge on any atom is -0.369 e. The van der Waals surface area contributed by atoms with Gasteiger partial charge in [-0.1, -0.05) is 24.6 Å². The van der Waals surface area contributed by atoms with Crippen LogP contribution in [0.5, 0.6) is 0 Å². The molecule has 0 saturated carbocycles. The maximum absolute atomic E-state index is 6.42. The molecule has 0 spiro atoms. The molecule has 21 heavy (non-hydrogen) atoms. The minimum atomic E-state index is 0.196. The fraction of sp³-hybridized carbons (Fsp3) is 0.353. The zero-order valence-electron chi connectivity index (χ0n) is 12.6. The highest BCUT2D eigenvalue weighted by Crippen LogP contribution is 2.27. The number of nitrogens with two attached hydrogens (primary N) is 1. The summed E-state index contributed by atoms with van der Waals surface area (Å²) in [5, 5.41) is 0.771. The fourth-order valence-electron chi connectivity index (χ4n) is 2.28. The second-order valence-corrected chi connectivity index (χ2v) is 5.78. The molecule has 0 aliphatic carbocycles. The smallest absolute Gasteiger partial charge is 0.0642 e. The molecule has 1 aromatic heterocycles. The number of rotatable bonds is 6. The van der Waals surface area contributed by atoms with Crippen molar-refractivity contribution in [1.82, 2.24) is 4.98 Å². The molecule has 1 heterocycles. The number of pyridine rings is 1. The number of anilines is 1. The van der Waals surface area contributed by atoms with E-state index in [4.69, 9.17) is 17.3 Å². The van der Waals surface area contributed by atoms with E-state index < -0.39 is 0 Å². The van der Waals surface area contributed by atoms with Gasteiger partial charge in [-0.3, -0.25) is 4.98 Å². The van der Waals surface area contributed by atoms with E-state index in [1.54, 1.807) is 12.4 Å². The Labute approximate surface area is 131 Å². The van der Waals surface area contributed by atoms with Gasteiger partial charge < -0.3 is 10.6 Å². The lowest BCUT2D eigenvalue weighted by Gasteiger charge is -2.21. The van der Waals surface area contributed by atoms with Crippen LogP contribution in [0.3, 0.4) is 0 Å². The van der Waals surface area contributed by atoms with E-state index in [-0.39, 0.29) is 6.04 Å². The first-order chi connectivity index (χ1) is 10.1. The summed E-state index contributed by atoms with van der Waals surface area (Å²) in [7, 11) is 2.04. The third kappa shape index (κ3) is 4.45. The van der Waals surface area contributed by atoms with Gasteiger partial charge in [-0.15, -0.1) is 0 Å². The molecule has 2 aromatic rings. The van der Waals surface area contributed by atoms with Crippen LogP contribution in [-0.2, 0) is 13.0 Å². The van der Waals surface area contributed by atoms with Gasteiger partial charge in [0.25, 0.3) is 0 Å². The Kier molecular flexibility index (Phi) is 5.59. The van der Waals surface area contributed by atoms with Gasteiger partial charge in [0, 0.05) is 32.0 Å². The van der Waals surface area contributed by atoms with Crippen LogP contribution in [-0.4, -0.2) is 18.1 Å². The second-order valence-electron chi connectivity index (χ2n) is 5.37. The van der Waals surface area contributed by atoms with Crippen molar-refractivity contribution in [3.63, 3.8) is 0 Å². The van der Waals surface area contributed by atoms with Crippen LogP contribution in [0.2, 0.25) is 5.02 Å². The standard InChI is InChI=1S/C17H22ClN3/c1-3-15(19)10-14-4-5-17(16(18)11-14)21(2)12-13-6-8-20-9-7-13/h4-9,11,15H,3,10,12,19H2,1-2H3. The van der Waals surface area contributed by atoms with Crippen molar-refractivity contribution >= 4 is 17.3 Å². The van der Waals surface area contributed by atoms with E-state index in [1.165, 1.54) is 11.1 Å². The molecule has 0 aliphatic rings. The van der Waals surface area contributed by atoms with Crippen LogP contribution < -0.4 is 10.6 Å². The lowest BCUT2D eigenvalue weighted by molar-refractivity contribution is 0.646.